The summed E-state index contributed by atoms with van der Waals surface area (Å²) in [6, 6.07) is 17.5. The molecule has 114 valence electrons. The van der Waals surface area contributed by atoms with Gasteiger partial charge in [0.05, 0.1) is 23.7 Å². The van der Waals surface area contributed by atoms with Crippen LogP contribution in [-0.4, -0.2) is 15.7 Å². The van der Waals surface area contributed by atoms with Crippen molar-refractivity contribution in [3.63, 3.8) is 0 Å². The van der Waals surface area contributed by atoms with Gasteiger partial charge in [-0.3, -0.25) is 4.79 Å². The summed E-state index contributed by atoms with van der Waals surface area (Å²) in [6.07, 6.45) is 3.16. The first kappa shape index (κ1) is 14.8. The number of nitrogens with zero attached hydrogens (tertiary/aromatic N) is 3. The molecular weight excluding hydrogens is 293 g/mol. The molecule has 0 spiro atoms. The molecule has 0 saturated carbocycles. The third kappa shape index (κ3) is 3.77. The molecule has 0 radical (unpaired) electrons. The molecule has 0 aliphatic carbocycles. The zero-order valence-electron chi connectivity index (χ0n) is 12.3. The lowest BCUT2D eigenvalue weighted by Gasteiger charge is -2.03. The summed E-state index contributed by atoms with van der Waals surface area (Å²) in [7, 11) is 0. The van der Waals surface area contributed by atoms with Crippen molar-refractivity contribution in [2.24, 2.45) is 4.99 Å². The summed E-state index contributed by atoms with van der Waals surface area (Å²) in [4.78, 5) is 15.9. The summed E-state index contributed by atoms with van der Waals surface area (Å²) in [5.74, 6) is -0.807. The van der Waals surface area contributed by atoms with Crippen molar-refractivity contribution in [2.45, 2.75) is 6.42 Å². The molecule has 5 heteroatoms. The minimum Gasteiger partial charge on any atom is -0.272 e. The van der Waals surface area contributed by atoms with E-state index in [0.29, 0.717) is 10.9 Å². The second-order valence-electron chi connectivity index (χ2n) is 4.94. The molecule has 0 fully saturated rings. The highest BCUT2D eigenvalue weighted by atomic mass is 19.1. The van der Waals surface area contributed by atoms with Crippen LogP contribution in [0.4, 0.5) is 4.39 Å². The molecule has 0 N–H and O–H groups in total. The first-order chi connectivity index (χ1) is 11.2. The highest BCUT2D eigenvalue weighted by Gasteiger charge is 2.06. The molecule has 0 bridgehead atoms. The Bertz CT molecular complexity index is 868. The second kappa shape index (κ2) is 6.79. The van der Waals surface area contributed by atoms with Gasteiger partial charge in [-0.25, -0.2) is 14.1 Å². The maximum atomic E-state index is 13.5. The number of aromatic nitrogens is 2. The molecule has 0 atom stereocenters. The predicted octanol–water partition coefficient (Wildman–Crippen LogP) is 2.68. The molecular formula is C18H14FN3O. The van der Waals surface area contributed by atoms with Crippen LogP contribution in [0.15, 0.2) is 78.0 Å². The van der Waals surface area contributed by atoms with Crippen molar-refractivity contribution in [2.75, 3.05) is 0 Å². The molecule has 0 aliphatic heterocycles. The number of carbonyl (C=O) groups excluding carboxylic acids is 1. The maximum absolute atomic E-state index is 13.5. The molecule has 3 aromatic rings. The van der Waals surface area contributed by atoms with E-state index in [4.69, 9.17) is 0 Å². The minimum absolute atomic E-state index is 0.0692. The van der Waals surface area contributed by atoms with Crippen LogP contribution in [0.3, 0.4) is 0 Å². The summed E-state index contributed by atoms with van der Waals surface area (Å²) >= 11 is 0. The molecule has 2 aromatic carbocycles. The number of halogens is 1. The first-order valence-corrected chi connectivity index (χ1v) is 7.14. The Balaban J connectivity index is 1.78. The Morgan fingerprint density at radius 1 is 1.04 bits per heavy atom. The highest BCUT2D eigenvalue weighted by molar-refractivity contribution is 5.79. The van der Waals surface area contributed by atoms with Gasteiger partial charge in [-0.2, -0.15) is 5.10 Å². The third-order valence-electron chi connectivity index (χ3n) is 3.27. The predicted molar refractivity (Wildman–Crippen MR) is 84.2 cm³/mol. The van der Waals surface area contributed by atoms with Gasteiger partial charge in [-0.05, 0) is 29.8 Å². The van der Waals surface area contributed by atoms with Gasteiger partial charge >= 0.3 is 0 Å². The van der Waals surface area contributed by atoms with Gasteiger partial charge in [0.1, 0.15) is 5.82 Å². The number of para-hydroxylation sites is 1. The fourth-order valence-electron chi connectivity index (χ4n) is 2.14. The van der Waals surface area contributed by atoms with Gasteiger partial charge in [0.25, 0.3) is 5.91 Å². The van der Waals surface area contributed by atoms with E-state index in [1.807, 2.05) is 30.3 Å². The molecule has 0 aliphatic rings. The average Bonchev–Trinajstić information content (AvgIpc) is 2.58. The van der Waals surface area contributed by atoms with Gasteiger partial charge in [-0.1, -0.05) is 36.4 Å². The lowest BCUT2D eigenvalue weighted by Crippen LogP contribution is -2.12. The Hall–Kier alpha value is -3.08. The first-order valence-electron chi connectivity index (χ1n) is 7.14. The Morgan fingerprint density at radius 3 is 2.48 bits per heavy atom. The van der Waals surface area contributed by atoms with E-state index < -0.39 is 11.7 Å². The standard InChI is InChI=1S/C18H14FN3O/c19-17-9-5-4-6-14(17)12-18(23)21-15-10-11-22(20-13-15)16-7-2-1-3-8-16/h1-11,13H,12H2/b21-15-. The Morgan fingerprint density at radius 2 is 1.78 bits per heavy atom. The van der Waals surface area contributed by atoms with E-state index in [0.717, 1.165) is 5.69 Å². The second-order valence-corrected chi connectivity index (χ2v) is 4.94. The topological polar surface area (TPSA) is 47.2 Å². The normalized spacial score (nSPS) is 11.4. The fourth-order valence-corrected chi connectivity index (χ4v) is 2.14. The lowest BCUT2D eigenvalue weighted by atomic mass is 10.1. The Kier molecular flexibility index (Phi) is 4.38. The van der Waals surface area contributed by atoms with Gasteiger partial charge in [0.15, 0.2) is 0 Å². The quantitative estimate of drug-likeness (QED) is 0.747. The Labute approximate surface area is 132 Å². The summed E-state index contributed by atoms with van der Waals surface area (Å²) in [6.45, 7) is 0. The number of hydrogen-bond acceptors (Lipinski definition) is 2. The van der Waals surface area contributed by atoms with E-state index >= 15 is 0 Å². The number of amides is 1. The van der Waals surface area contributed by atoms with Crippen LogP contribution < -0.4 is 5.36 Å². The number of rotatable bonds is 3. The van der Waals surface area contributed by atoms with Crippen LogP contribution >= 0.6 is 0 Å². The SMILES string of the molecule is O=C(Cc1ccccc1F)/N=c1/ccn(-c2ccccc2)nc1. The molecule has 3 rings (SSSR count). The summed E-state index contributed by atoms with van der Waals surface area (Å²) in [5.41, 5.74) is 1.25. The van der Waals surface area contributed by atoms with E-state index in [1.165, 1.54) is 12.3 Å². The smallest absolute Gasteiger partial charge is 0.250 e. The molecule has 1 amide bonds. The van der Waals surface area contributed by atoms with Crippen LogP contribution in [0.5, 0.6) is 0 Å². The van der Waals surface area contributed by atoms with Crippen molar-refractivity contribution in [3.8, 4) is 5.69 Å². The number of benzene rings is 2. The van der Waals surface area contributed by atoms with Crippen molar-refractivity contribution < 1.29 is 9.18 Å². The lowest BCUT2D eigenvalue weighted by molar-refractivity contribution is -0.117. The van der Waals surface area contributed by atoms with Crippen molar-refractivity contribution >= 4 is 5.91 Å². The van der Waals surface area contributed by atoms with Crippen LogP contribution in [0.25, 0.3) is 5.69 Å². The molecule has 0 saturated heterocycles. The van der Waals surface area contributed by atoms with Gasteiger partial charge in [0.2, 0.25) is 0 Å². The van der Waals surface area contributed by atoms with Crippen molar-refractivity contribution in [3.05, 3.63) is 89.8 Å². The van der Waals surface area contributed by atoms with E-state index in [1.54, 1.807) is 35.1 Å². The highest BCUT2D eigenvalue weighted by Crippen LogP contribution is 2.07. The third-order valence-corrected chi connectivity index (χ3v) is 3.27. The van der Waals surface area contributed by atoms with Gasteiger partial charge in [0, 0.05) is 6.20 Å². The van der Waals surface area contributed by atoms with E-state index in [-0.39, 0.29) is 6.42 Å². The van der Waals surface area contributed by atoms with E-state index in [2.05, 4.69) is 10.1 Å². The number of carbonyl (C=O) groups is 1. The van der Waals surface area contributed by atoms with Crippen molar-refractivity contribution in [1.82, 2.24) is 9.78 Å². The minimum atomic E-state index is -0.408. The van der Waals surface area contributed by atoms with Gasteiger partial charge < -0.3 is 0 Å². The number of hydrogen-bond donors (Lipinski definition) is 0. The van der Waals surface area contributed by atoms with Crippen LogP contribution in [0.1, 0.15) is 5.56 Å². The van der Waals surface area contributed by atoms with Crippen molar-refractivity contribution in [1.29, 1.82) is 0 Å². The summed E-state index contributed by atoms with van der Waals surface area (Å²) in [5, 5.41) is 4.67. The fraction of sp³-hybridized carbons (Fsp3) is 0.0556. The average molecular weight is 307 g/mol. The van der Waals surface area contributed by atoms with Crippen LogP contribution in [-0.2, 0) is 11.2 Å². The van der Waals surface area contributed by atoms with Gasteiger partial charge in [-0.15, -0.1) is 0 Å². The maximum Gasteiger partial charge on any atom is 0.250 e. The largest absolute Gasteiger partial charge is 0.272 e. The zero-order valence-corrected chi connectivity index (χ0v) is 12.3. The molecule has 1 aromatic heterocycles. The molecule has 23 heavy (non-hydrogen) atoms. The molecule has 1 heterocycles. The monoisotopic (exact) mass is 307 g/mol. The van der Waals surface area contributed by atoms with E-state index in [9.17, 15) is 9.18 Å². The van der Waals surface area contributed by atoms with Crippen LogP contribution in [0, 0.1) is 5.82 Å². The van der Waals surface area contributed by atoms with Crippen LogP contribution in [0.2, 0.25) is 0 Å². The summed E-state index contributed by atoms with van der Waals surface area (Å²) < 4.78 is 15.2. The zero-order chi connectivity index (χ0) is 16.1. The molecule has 0 unspecified atom stereocenters. The molecule has 4 nitrogen and oxygen atoms in total.